The third-order valence-corrected chi connectivity index (χ3v) is 2.41. The third kappa shape index (κ3) is 5.49. The fourth-order valence-corrected chi connectivity index (χ4v) is 1.54. The summed E-state index contributed by atoms with van der Waals surface area (Å²) in [6.45, 7) is 2.91. The molecule has 0 aliphatic carbocycles. The molecule has 1 aromatic rings. The molecule has 0 atom stereocenters. The molecular formula is C16H18O4. The standard InChI is InChI=1S/C16H18O4/c1-3-5-6-11-20-14-9-7-13(8-10-16(17)18)12-15(14)19-4-2/h1,7-10,12H,4-6,11H2,2H3,(H,17,18)/b10-8+. The van der Waals surface area contributed by atoms with E-state index in [1.165, 1.54) is 6.08 Å². The van der Waals surface area contributed by atoms with Crippen LogP contribution < -0.4 is 9.47 Å². The molecule has 0 unspecified atom stereocenters. The zero-order valence-electron chi connectivity index (χ0n) is 11.5. The van der Waals surface area contributed by atoms with Crippen LogP contribution in [0.2, 0.25) is 0 Å². The molecule has 0 amide bonds. The second-order valence-electron chi connectivity index (χ2n) is 3.97. The summed E-state index contributed by atoms with van der Waals surface area (Å²) in [6, 6.07) is 5.29. The molecule has 106 valence electrons. The minimum Gasteiger partial charge on any atom is -0.490 e. The van der Waals surface area contributed by atoms with E-state index in [0.29, 0.717) is 31.1 Å². The summed E-state index contributed by atoms with van der Waals surface area (Å²) in [7, 11) is 0. The van der Waals surface area contributed by atoms with E-state index in [9.17, 15) is 4.79 Å². The predicted molar refractivity (Wildman–Crippen MR) is 77.8 cm³/mol. The van der Waals surface area contributed by atoms with Crippen LogP contribution >= 0.6 is 0 Å². The van der Waals surface area contributed by atoms with Gasteiger partial charge in [-0.3, -0.25) is 0 Å². The van der Waals surface area contributed by atoms with Gasteiger partial charge in [0.25, 0.3) is 0 Å². The monoisotopic (exact) mass is 274 g/mol. The van der Waals surface area contributed by atoms with Gasteiger partial charge in [-0.05, 0) is 37.1 Å². The summed E-state index contributed by atoms with van der Waals surface area (Å²) in [5.74, 6) is 2.80. The molecule has 4 nitrogen and oxygen atoms in total. The summed E-state index contributed by atoms with van der Waals surface area (Å²) in [5.41, 5.74) is 0.742. The van der Waals surface area contributed by atoms with E-state index < -0.39 is 5.97 Å². The van der Waals surface area contributed by atoms with Gasteiger partial charge >= 0.3 is 5.97 Å². The number of carbonyl (C=O) groups is 1. The van der Waals surface area contributed by atoms with Crippen molar-refractivity contribution in [3.05, 3.63) is 29.8 Å². The average molecular weight is 274 g/mol. The van der Waals surface area contributed by atoms with Gasteiger partial charge in [-0.15, -0.1) is 12.3 Å². The molecule has 4 heteroatoms. The molecule has 0 saturated carbocycles. The summed E-state index contributed by atoms with van der Waals surface area (Å²) in [5, 5.41) is 8.61. The highest BCUT2D eigenvalue weighted by atomic mass is 16.5. The van der Waals surface area contributed by atoms with Crippen LogP contribution in [0.1, 0.15) is 25.3 Å². The lowest BCUT2D eigenvalue weighted by molar-refractivity contribution is -0.131. The van der Waals surface area contributed by atoms with Gasteiger partial charge in [0.05, 0.1) is 13.2 Å². The molecule has 0 radical (unpaired) electrons. The Hall–Kier alpha value is -2.41. The van der Waals surface area contributed by atoms with Crippen LogP contribution in [-0.2, 0) is 4.79 Å². The molecule has 0 spiro atoms. The molecule has 0 aliphatic heterocycles. The maximum absolute atomic E-state index is 10.5. The number of rotatable bonds is 8. The molecule has 0 fully saturated rings. The molecule has 0 aromatic heterocycles. The number of terminal acetylenes is 1. The normalized spacial score (nSPS) is 10.2. The topological polar surface area (TPSA) is 55.8 Å². The van der Waals surface area contributed by atoms with Crippen molar-refractivity contribution >= 4 is 12.0 Å². The van der Waals surface area contributed by atoms with Crippen molar-refractivity contribution in [3.63, 3.8) is 0 Å². The zero-order valence-corrected chi connectivity index (χ0v) is 11.5. The van der Waals surface area contributed by atoms with Crippen molar-refractivity contribution < 1.29 is 19.4 Å². The van der Waals surface area contributed by atoms with Crippen molar-refractivity contribution in [2.24, 2.45) is 0 Å². The molecule has 1 aromatic carbocycles. The van der Waals surface area contributed by atoms with E-state index in [2.05, 4.69) is 5.92 Å². The lowest BCUT2D eigenvalue weighted by Gasteiger charge is -2.12. The maximum Gasteiger partial charge on any atom is 0.328 e. The Labute approximate surface area is 119 Å². The summed E-state index contributed by atoms with van der Waals surface area (Å²) < 4.78 is 11.1. The number of aliphatic carboxylic acids is 1. The van der Waals surface area contributed by atoms with Gasteiger partial charge in [0.1, 0.15) is 0 Å². The SMILES string of the molecule is C#CCCCOc1ccc(/C=C/C(=O)O)cc1OCC. The number of benzene rings is 1. The fraction of sp³-hybridized carbons (Fsp3) is 0.312. The lowest BCUT2D eigenvalue weighted by atomic mass is 10.2. The Morgan fingerprint density at radius 3 is 2.85 bits per heavy atom. The highest BCUT2D eigenvalue weighted by Crippen LogP contribution is 2.29. The van der Waals surface area contributed by atoms with E-state index in [0.717, 1.165) is 18.1 Å². The van der Waals surface area contributed by atoms with E-state index in [4.69, 9.17) is 21.0 Å². The first-order chi connectivity index (χ1) is 9.67. The number of hydrogen-bond acceptors (Lipinski definition) is 3. The van der Waals surface area contributed by atoms with Gasteiger partial charge in [0.2, 0.25) is 0 Å². The summed E-state index contributed by atoms with van der Waals surface area (Å²) >= 11 is 0. The Bertz CT molecular complexity index is 512. The first kappa shape index (κ1) is 15.6. The van der Waals surface area contributed by atoms with Gasteiger partial charge in [-0.1, -0.05) is 6.07 Å². The Balaban J connectivity index is 2.79. The fourth-order valence-electron chi connectivity index (χ4n) is 1.54. The second kappa shape index (κ2) is 8.65. The molecular weight excluding hydrogens is 256 g/mol. The van der Waals surface area contributed by atoms with Crippen LogP contribution in [0.25, 0.3) is 6.08 Å². The van der Waals surface area contributed by atoms with Crippen LogP contribution in [-0.4, -0.2) is 24.3 Å². The van der Waals surface area contributed by atoms with Gasteiger partial charge in [0.15, 0.2) is 11.5 Å². The smallest absolute Gasteiger partial charge is 0.328 e. The molecule has 0 saturated heterocycles. The predicted octanol–water partition coefficient (Wildman–Crippen LogP) is 2.98. The van der Waals surface area contributed by atoms with E-state index in [1.807, 2.05) is 6.92 Å². The molecule has 20 heavy (non-hydrogen) atoms. The largest absolute Gasteiger partial charge is 0.490 e. The minimum atomic E-state index is -0.988. The van der Waals surface area contributed by atoms with Gasteiger partial charge in [0, 0.05) is 12.5 Å². The number of ether oxygens (including phenoxy) is 2. The average Bonchev–Trinajstić information content (AvgIpc) is 2.43. The number of hydrogen-bond donors (Lipinski definition) is 1. The van der Waals surface area contributed by atoms with Gasteiger partial charge in [-0.2, -0.15) is 0 Å². The number of unbranched alkanes of at least 4 members (excludes halogenated alkanes) is 1. The van der Waals surface area contributed by atoms with Gasteiger partial charge in [-0.25, -0.2) is 4.79 Å². The Kier molecular flexibility index (Phi) is 6.77. The van der Waals surface area contributed by atoms with E-state index in [1.54, 1.807) is 18.2 Å². The number of carboxylic acids is 1. The Morgan fingerprint density at radius 1 is 1.40 bits per heavy atom. The van der Waals surface area contributed by atoms with Crippen LogP contribution in [0.15, 0.2) is 24.3 Å². The van der Waals surface area contributed by atoms with Crippen LogP contribution in [0.3, 0.4) is 0 Å². The van der Waals surface area contributed by atoms with Gasteiger partial charge < -0.3 is 14.6 Å². The quantitative estimate of drug-likeness (QED) is 0.450. The lowest BCUT2D eigenvalue weighted by Crippen LogP contribution is -2.01. The van der Waals surface area contributed by atoms with Crippen molar-refractivity contribution in [1.29, 1.82) is 0 Å². The number of carboxylic acid groups (broad SMARTS) is 1. The van der Waals surface area contributed by atoms with Crippen molar-refractivity contribution in [2.45, 2.75) is 19.8 Å². The minimum absolute atomic E-state index is 0.507. The van der Waals surface area contributed by atoms with Crippen LogP contribution in [0.4, 0.5) is 0 Å². The summed E-state index contributed by atoms with van der Waals surface area (Å²) in [4.78, 5) is 10.5. The molecule has 0 bridgehead atoms. The van der Waals surface area contributed by atoms with Crippen molar-refractivity contribution in [2.75, 3.05) is 13.2 Å². The zero-order chi connectivity index (χ0) is 14.8. The maximum atomic E-state index is 10.5. The van der Waals surface area contributed by atoms with Crippen LogP contribution in [0.5, 0.6) is 11.5 Å². The highest BCUT2D eigenvalue weighted by Gasteiger charge is 2.05. The second-order valence-corrected chi connectivity index (χ2v) is 3.97. The first-order valence-electron chi connectivity index (χ1n) is 6.41. The van der Waals surface area contributed by atoms with Crippen LogP contribution in [0, 0.1) is 12.3 Å². The first-order valence-corrected chi connectivity index (χ1v) is 6.41. The molecule has 0 heterocycles. The van der Waals surface area contributed by atoms with Crippen molar-refractivity contribution in [3.8, 4) is 23.8 Å². The van der Waals surface area contributed by atoms with E-state index in [-0.39, 0.29) is 0 Å². The highest BCUT2D eigenvalue weighted by molar-refractivity contribution is 5.85. The van der Waals surface area contributed by atoms with E-state index >= 15 is 0 Å². The van der Waals surface area contributed by atoms with Crippen molar-refractivity contribution in [1.82, 2.24) is 0 Å². The molecule has 1 rings (SSSR count). The third-order valence-electron chi connectivity index (χ3n) is 2.41. The molecule has 0 aliphatic rings. The Morgan fingerprint density at radius 2 is 2.20 bits per heavy atom. The summed E-state index contributed by atoms with van der Waals surface area (Å²) in [6.07, 6.45) is 9.22. The molecule has 1 N–H and O–H groups in total.